The molecule has 0 saturated carbocycles. The summed E-state index contributed by atoms with van der Waals surface area (Å²) in [5.74, 6) is 0. The van der Waals surface area contributed by atoms with Crippen LogP contribution in [-0.2, 0) is 23.4 Å². The number of nitrogens with two attached hydrogens (primary N) is 1. The Bertz CT molecular complexity index is 698. The van der Waals surface area contributed by atoms with Gasteiger partial charge in [-0.15, -0.1) is 0 Å². The second-order valence-corrected chi connectivity index (χ2v) is 6.56. The number of benzene rings is 1. The van der Waals surface area contributed by atoms with E-state index in [2.05, 4.69) is 0 Å². The average molecular weight is 278 g/mol. The molecule has 0 fully saturated rings. The SMILES string of the molecule is Cc1ccc(S(=O)(=O)c2c(CN)cc(C)n2C)cc1. The molecule has 0 spiro atoms. The third-order valence-corrected chi connectivity index (χ3v) is 5.24. The minimum Gasteiger partial charge on any atom is -0.339 e. The van der Waals surface area contributed by atoms with E-state index in [0.717, 1.165) is 11.3 Å². The van der Waals surface area contributed by atoms with Crippen molar-refractivity contribution in [2.45, 2.75) is 30.3 Å². The molecule has 0 atom stereocenters. The molecule has 4 nitrogen and oxygen atoms in total. The van der Waals surface area contributed by atoms with Gasteiger partial charge < -0.3 is 10.3 Å². The quantitative estimate of drug-likeness (QED) is 0.933. The molecule has 0 unspecified atom stereocenters. The molecule has 0 amide bonds. The Morgan fingerprint density at radius 2 is 1.74 bits per heavy atom. The van der Waals surface area contributed by atoms with E-state index in [1.807, 2.05) is 19.9 Å². The Labute approximate surface area is 113 Å². The van der Waals surface area contributed by atoms with E-state index >= 15 is 0 Å². The molecular weight excluding hydrogens is 260 g/mol. The van der Waals surface area contributed by atoms with Crippen LogP contribution in [0.5, 0.6) is 0 Å². The number of hydrogen-bond acceptors (Lipinski definition) is 3. The van der Waals surface area contributed by atoms with Gasteiger partial charge in [0, 0.05) is 24.8 Å². The van der Waals surface area contributed by atoms with Crippen LogP contribution in [0.4, 0.5) is 0 Å². The molecule has 0 bridgehead atoms. The van der Waals surface area contributed by atoms with Crippen LogP contribution in [0.25, 0.3) is 0 Å². The molecule has 0 radical (unpaired) electrons. The first-order chi connectivity index (χ1) is 8.87. The molecule has 0 aliphatic heterocycles. The van der Waals surface area contributed by atoms with Crippen LogP contribution in [0.2, 0.25) is 0 Å². The summed E-state index contributed by atoms with van der Waals surface area (Å²) in [5.41, 5.74) is 8.22. The Kier molecular flexibility index (Phi) is 3.52. The molecule has 1 aromatic heterocycles. The van der Waals surface area contributed by atoms with Gasteiger partial charge in [0.2, 0.25) is 9.84 Å². The Hall–Kier alpha value is -1.59. The van der Waals surface area contributed by atoms with E-state index in [4.69, 9.17) is 5.73 Å². The molecular formula is C14H18N2O2S. The van der Waals surface area contributed by atoms with Gasteiger partial charge >= 0.3 is 0 Å². The lowest BCUT2D eigenvalue weighted by atomic mass is 10.2. The molecule has 2 rings (SSSR count). The predicted molar refractivity (Wildman–Crippen MR) is 74.7 cm³/mol. The van der Waals surface area contributed by atoms with Crippen molar-refractivity contribution in [1.29, 1.82) is 0 Å². The summed E-state index contributed by atoms with van der Waals surface area (Å²) in [5, 5.41) is 0.288. The second kappa shape index (κ2) is 4.83. The van der Waals surface area contributed by atoms with E-state index in [1.165, 1.54) is 0 Å². The number of hydrogen-bond donors (Lipinski definition) is 1. The summed E-state index contributed by atoms with van der Waals surface area (Å²) in [7, 11) is -1.78. The number of aryl methyl sites for hydroxylation is 2. The average Bonchev–Trinajstić information content (AvgIpc) is 2.66. The highest BCUT2D eigenvalue weighted by Gasteiger charge is 2.25. The fraction of sp³-hybridized carbons (Fsp3) is 0.286. The molecule has 0 aliphatic carbocycles. The van der Waals surface area contributed by atoms with Gasteiger partial charge in [-0.3, -0.25) is 0 Å². The van der Waals surface area contributed by atoms with Crippen molar-refractivity contribution in [2.24, 2.45) is 12.8 Å². The first-order valence-electron chi connectivity index (χ1n) is 6.05. The van der Waals surface area contributed by atoms with Gasteiger partial charge in [-0.05, 0) is 32.0 Å². The first-order valence-corrected chi connectivity index (χ1v) is 7.53. The maximum atomic E-state index is 12.7. The highest BCUT2D eigenvalue weighted by Crippen LogP contribution is 2.26. The van der Waals surface area contributed by atoms with Gasteiger partial charge in [-0.1, -0.05) is 17.7 Å². The van der Waals surface area contributed by atoms with E-state index in [1.54, 1.807) is 35.9 Å². The molecule has 0 aliphatic rings. The van der Waals surface area contributed by atoms with Gasteiger partial charge in [0.05, 0.1) is 4.90 Å². The topological polar surface area (TPSA) is 65.1 Å². The van der Waals surface area contributed by atoms with Crippen molar-refractivity contribution in [3.8, 4) is 0 Å². The third kappa shape index (κ3) is 2.31. The highest BCUT2D eigenvalue weighted by molar-refractivity contribution is 7.91. The minimum atomic E-state index is -3.53. The number of sulfone groups is 1. The van der Waals surface area contributed by atoms with Crippen LogP contribution in [0.3, 0.4) is 0 Å². The lowest BCUT2D eigenvalue weighted by Crippen LogP contribution is -2.12. The summed E-state index contributed by atoms with van der Waals surface area (Å²) in [4.78, 5) is 0.300. The molecule has 19 heavy (non-hydrogen) atoms. The van der Waals surface area contributed by atoms with Crippen LogP contribution >= 0.6 is 0 Å². The predicted octanol–water partition coefficient (Wildman–Crippen LogP) is 1.93. The van der Waals surface area contributed by atoms with Gasteiger partial charge in [-0.25, -0.2) is 8.42 Å². The van der Waals surface area contributed by atoms with Crippen molar-refractivity contribution >= 4 is 9.84 Å². The largest absolute Gasteiger partial charge is 0.339 e. The van der Waals surface area contributed by atoms with Crippen LogP contribution in [0.1, 0.15) is 16.8 Å². The smallest absolute Gasteiger partial charge is 0.222 e. The van der Waals surface area contributed by atoms with E-state index in [-0.39, 0.29) is 11.6 Å². The lowest BCUT2D eigenvalue weighted by molar-refractivity contribution is 0.582. The Morgan fingerprint density at radius 1 is 1.16 bits per heavy atom. The number of rotatable bonds is 3. The summed E-state index contributed by atoms with van der Waals surface area (Å²) >= 11 is 0. The molecule has 1 aromatic carbocycles. The monoisotopic (exact) mass is 278 g/mol. The van der Waals surface area contributed by atoms with Crippen molar-refractivity contribution in [3.05, 3.63) is 47.2 Å². The zero-order valence-electron chi connectivity index (χ0n) is 11.3. The second-order valence-electron chi connectivity index (χ2n) is 4.70. The molecule has 102 valence electrons. The molecule has 2 aromatic rings. The maximum absolute atomic E-state index is 12.7. The van der Waals surface area contributed by atoms with Gasteiger partial charge in [0.15, 0.2) is 0 Å². The summed E-state index contributed by atoms with van der Waals surface area (Å²) in [6.45, 7) is 4.00. The first kappa shape index (κ1) is 13.8. The normalized spacial score (nSPS) is 11.8. The number of nitrogens with zero attached hydrogens (tertiary/aromatic N) is 1. The Morgan fingerprint density at radius 3 is 2.26 bits per heavy atom. The van der Waals surface area contributed by atoms with Crippen molar-refractivity contribution in [3.63, 3.8) is 0 Å². The van der Waals surface area contributed by atoms with E-state index in [9.17, 15) is 8.42 Å². The van der Waals surface area contributed by atoms with Crippen LogP contribution in [0.15, 0.2) is 40.3 Å². The molecule has 0 saturated heterocycles. The summed E-state index contributed by atoms with van der Waals surface area (Å²) in [6, 6.07) is 8.68. The van der Waals surface area contributed by atoms with Crippen LogP contribution in [0, 0.1) is 13.8 Å². The Balaban J connectivity index is 2.66. The van der Waals surface area contributed by atoms with E-state index < -0.39 is 9.84 Å². The van der Waals surface area contributed by atoms with Crippen molar-refractivity contribution in [1.82, 2.24) is 4.57 Å². The lowest BCUT2D eigenvalue weighted by Gasteiger charge is -2.09. The molecule has 5 heteroatoms. The van der Waals surface area contributed by atoms with Crippen molar-refractivity contribution in [2.75, 3.05) is 0 Å². The van der Waals surface area contributed by atoms with Crippen LogP contribution < -0.4 is 5.73 Å². The molecule has 1 heterocycles. The summed E-state index contributed by atoms with van der Waals surface area (Å²) in [6.07, 6.45) is 0. The fourth-order valence-corrected chi connectivity index (χ4v) is 3.82. The zero-order valence-corrected chi connectivity index (χ0v) is 12.2. The highest BCUT2D eigenvalue weighted by atomic mass is 32.2. The third-order valence-electron chi connectivity index (χ3n) is 3.30. The number of aromatic nitrogens is 1. The maximum Gasteiger partial charge on any atom is 0.222 e. The zero-order chi connectivity index (χ0) is 14.2. The van der Waals surface area contributed by atoms with E-state index in [0.29, 0.717) is 10.5 Å². The standard InChI is InChI=1S/C14H18N2O2S/c1-10-4-6-13(7-5-10)19(17,18)14-12(9-15)8-11(2)16(14)3/h4-8H,9,15H2,1-3H3. The minimum absolute atomic E-state index is 0.210. The summed E-state index contributed by atoms with van der Waals surface area (Å²) < 4.78 is 27.0. The fourth-order valence-electron chi connectivity index (χ4n) is 2.11. The van der Waals surface area contributed by atoms with Gasteiger partial charge in [0.25, 0.3) is 0 Å². The van der Waals surface area contributed by atoms with Gasteiger partial charge in [-0.2, -0.15) is 0 Å². The van der Waals surface area contributed by atoms with Gasteiger partial charge in [0.1, 0.15) is 5.03 Å². The van der Waals surface area contributed by atoms with Crippen LogP contribution in [-0.4, -0.2) is 13.0 Å². The molecule has 2 N–H and O–H groups in total. The van der Waals surface area contributed by atoms with Crippen molar-refractivity contribution < 1.29 is 8.42 Å².